The van der Waals surface area contributed by atoms with Gasteiger partial charge >= 0.3 is 0 Å². The van der Waals surface area contributed by atoms with E-state index in [4.69, 9.17) is 10.1 Å². The van der Waals surface area contributed by atoms with Crippen LogP contribution in [-0.4, -0.2) is 38.1 Å². The quantitative estimate of drug-likeness (QED) is 0.494. The van der Waals surface area contributed by atoms with E-state index in [0.29, 0.717) is 18.3 Å². The van der Waals surface area contributed by atoms with Crippen LogP contribution in [0.1, 0.15) is 25.0 Å². The van der Waals surface area contributed by atoms with Crippen LogP contribution >= 0.6 is 11.8 Å². The van der Waals surface area contributed by atoms with Gasteiger partial charge in [0, 0.05) is 28.6 Å². The molecule has 1 amide bonds. The second-order valence-electron chi connectivity index (χ2n) is 8.57. The highest BCUT2D eigenvalue weighted by atomic mass is 32.2. The molecule has 5 rings (SSSR count). The summed E-state index contributed by atoms with van der Waals surface area (Å²) in [5.74, 6) is 0.688. The number of carbonyl (C=O) groups is 1. The standard InChI is InChI=1S/C26H25N5O2S/c1-16(2)25-29-31-23(27)21(24(32)28-26(31)34-25)14-18-15-30(22-10-5-4-9-20(18)22)11-12-33-19-8-6-7-17(3)13-19/h4-10,13-16,27H,11-12H2,1-3H3/b21-14+,27-23?. The summed E-state index contributed by atoms with van der Waals surface area (Å²) in [6.45, 7) is 7.27. The Balaban J connectivity index is 1.43. The molecule has 1 N–H and O–H groups in total. The molecule has 1 aromatic heterocycles. The number of amidine groups is 2. The number of ether oxygens (including phenoxy) is 1. The maximum atomic E-state index is 12.8. The number of hydrogen-bond donors (Lipinski definition) is 1. The van der Waals surface area contributed by atoms with Crippen molar-refractivity contribution in [2.75, 3.05) is 6.61 Å². The molecule has 7 nitrogen and oxygen atoms in total. The number of aromatic nitrogens is 1. The van der Waals surface area contributed by atoms with Crippen molar-refractivity contribution in [3.8, 4) is 5.75 Å². The number of benzene rings is 2. The van der Waals surface area contributed by atoms with Crippen molar-refractivity contribution in [2.45, 2.75) is 27.3 Å². The van der Waals surface area contributed by atoms with Crippen LogP contribution in [0.25, 0.3) is 17.0 Å². The lowest BCUT2D eigenvalue weighted by Crippen LogP contribution is -2.35. The zero-order valence-corrected chi connectivity index (χ0v) is 20.1. The van der Waals surface area contributed by atoms with Crippen molar-refractivity contribution in [3.63, 3.8) is 0 Å². The Morgan fingerprint density at radius 3 is 2.79 bits per heavy atom. The lowest BCUT2D eigenvalue weighted by Gasteiger charge is -2.20. The minimum absolute atomic E-state index is 0.0535. The predicted octanol–water partition coefficient (Wildman–Crippen LogP) is 5.30. The predicted molar refractivity (Wildman–Crippen MR) is 138 cm³/mol. The molecule has 3 heterocycles. The molecule has 8 heteroatoms. The zero-order chi connectivity index (χ0) is 23.8. The van der Waals surface area contributed by atoms with Crippen LogP contribution in [0.2, 0.25) is 0 Å². The first-order valence-corrected chi connectivity index (χ1v) is 12.0. The van der Waals surface area contributed by atoms with Crippen LogP contribution in [0, 0.1) is 18.3 Å². The highest BCUT2D eigenvalue weighted by Gasteiger charge is 2.36. The van der Waals surface area contributed by atoms with Gasteiger partial charge in [0.15, 0.2) is 5.84 Å². The number of carbonyl (C=O) groups excluding carboxylic acids is 1. The van der Waals surface area contributed by atoms with E-state index in [2.05, 4.69) is 14.7 Å². The summed E-state index contributed by atoms with van der Waals surface area (Å²) in [6.07, 6.45) is 3.75. The van der Waals surface area contributed by atoms with E-state index < -0.39 is 5.91 Å². The van der Waals surface area contributed by atoms with Crippen molar-refractivity contribution in [1.29, 1.82) is 5.41 Å². The molecular formula is C26H25N5O2S. The minimum atomic E-state index is -0.413. The summed E-state index contributed by atoms with van der Waals surface area (Å²) in [5, 5.41) is 16.9. The molecule has 0 radical (unpaired) electrons. The van der Waals surface area contributed by atoms with E-state index >= 15 is 0 Å². The van der Waals surface area contributed by atoms with Gasteiger partial charge in [0.1, 0.15) is 17.4 Å². The van der Waals surface area contributed by atoms with E-state index in [0.717, 1.165) is 32.8 Å². The van der Waals surface area contributed by atoms with E-state index in [1.165, 1.54) is 16.8 Å². The van der Waals surface area contributed by atoms with E-state index in [-0.39, 0.29) is 17.3 Å². The van der Waals surface area contributed by atoms with Gasteiger partial charge in [-0.25, -0.2) is 0 Å². The summed E-state index contributed by atoms with van der Waals surface area (Å²) in [5.41, 5.74) is 3.29. The number of hydrazone groups is 1. The number of nitrogens with zero attached hydrogens (tertiary/aromatic N) is 4. The second kappa shape index (κ2) is 8.95. The fraction of sp³-hybridized carbons (Fsp3) is 0.231. The molecule has 2 aliphatic rings. The van der Waals surface area contributed by atoms with E-state index in [9.17, 15) is 4.79 Å². The molecule has 0 fully saturated rings. The Bertz CT molecular complexity index is 1400. The summed E-state index contributed by atoms with van der Waals surface area (Å²) in [4.78, 5) is 17.0. The van der Waals surface area contributed by atoms with Gasteiger partial charge in [-0.3, -0.25) is 10.2 Å². The molecule has 0 saturated carbocycles. The van der Waals surface area contributed by atoms with Gasteiger partial charge < -0.3 is 9.30 Å². The smallest absolute Gasteiger partial charge is 0.283 e. The highest BCUT2D eigenvalue weighted by Crippen LogP contribution is 2.32. The molecule has 0 unspecified atom stereocenters. The van der Waals surface area contributed by atoms with Gasteiger partial charge in [-0.2, -0.15) is 15.1 Å². The Hall–Kier alpha value is -3.65. The lowest BCUT2D eigenvalue weighted by atomic mass is 10.1. The number of aryl methyl sites for hydroxylation is 1. The van der Waals surface area contributed by atoms with Crippen molar-refractivity contribution < 1.29 is 9.53 Å². The molecule has 0 spiro atoms. The zero-order valence-electron chi connectivity index (χ0n) is 19.3. The molecular weight excluding hydrogens is 446 g/mol. The Kier molecular flexibility index (Phi) is 5.83. The van der Waals surface area contributed by atoms with Crippen LogP contribution in [0.4, 0.5) is 0 Å². The van der Waals surface area contributed by atoms with E-state index in [1.807, 2.05) is 75.5 Å². The van der Waals surface area contributed by atoms with Gasteiger partial charge in [-0.05, 0) is 48.5 Å². The van der Waals surface area contributed by atoms with Crippen LogP contribution in [0.5, 0.6) is 5.75 Å². The van der Waals surface area contributed by atoms with Crippen molar-refractivity contribution in [2.24, 2.45) is 16.0 Å². The number of fused-ring (bicyclic) bond motifs is 2. The summed E-state index contributed by atoms with van der Waals surface area (Å²) in [7, 11) is 0. The van der Waals surface area contributed by atoms with E-state index in [1.54, 1.807) is 6.08 Å². The van der Waals surface area contributed by atoms with Crippen molar-refractivity contribution in [3.05, 3.63) is 71.4 Å². The average molecular weight is 472 g/mol. The molecule has 2 aromatic carbocycles. The maximum Gasteiger partial charge on any atom is 0.283 e. The lowest BCUT2D eigenvalue weighted by molar-refractivity contribution is -0.114. The Morgan fingerprint density at radius 1 is 1.18 bits per heavy atom. The highest BCUT2D eigenvalue weighted by molar-refractivity contribution is 8.27. The van der Waals surface area contributed by atoms with Gasteiger partial charge in [-0.15, -0.1) is 0 Å². The number of nitrogens with one attached hydrogen (secondary N) is 1. The first-order chi connectivity index (χ1) is 16.4. The number of thioether (sulfide) groups is 1. The molecule has 34 heavy (non-hydrogen) atoms. The van der Waals surface area contributed by atoms with Gasteiger partial charge in [0.2, 0.25) is 5.17 Å². The van der Waals surface area contributed by atoms with Crippen molar-refractivity contribution in [1.82, 2.24) is 9.58 Å². The largest absolute Gasteiger partial charge is 0.492 e. The van der Waals surface area contributed by atoms with Crippen molar-refractivity contribution >= 4 is 50.7 Å². The Labute approximate surface area is 202 Å². The molecule has 172 valence electrons. The fourth-order valence-electron chi connectivity index (χ4n) is 3.94. The number of amides is 1. The van der Waals surface area contributed by atoms with Crippen LogP contribution < -0.4 is 4.74 Å². The Morgan fingerprint density at radius 2 is 2.00 bits per heavy atom. The first kappa shape index (κ1) is 22.2. The molecule has 3 aromatic rings. The molecule has 0 atom stereocenters. The number of hydrogen-bond acceptors (Lipinski definition) is 5. The SMILES string of the molecule is Cc1cccc(OCCn2cc(/C=C3\C(=N)N4N=C(C(C)C)SC4=NC3=O)c3ccccc32)c1. The third-order valence-corrected chi connectivity index (χ3v) is 6.88. The second-order valence-corrected chi connectivity index (χ2v) is 9.56. The first-order valence-electron chi connectivity index (χ1n) is 11.2. The topological polar surface area (TPSA) is 83.0 Å². The average Bonchev–Trinajstić information content (AvgIpc) is 3.39. The summed E-state index contributed by atoms with van der Waals surface area (Å²) >= 11 is 1.35. The van der Waals surface area contributed by atoms with Gasteiger partial charge in [0.05, 0.1) is 12.1 Å². The maximum absolute atomic E-state index is 12.8. The van der Waals surface area contributed by atoms with Gasteiger partial charge in [-0.1, -0.05) is 44.2 Å². The number of para-hydroxylation sites is 1. The van der Waals surface area contributed by atoms with Gasteiger partial charge in [0.25, 0.3) is 5.91 Å². The van der Waals surface area contributed by atoms with Crippen LogP contribution in [0.3, 0.4) is 0 Å². The number of rotatable bonds is 6. The molecule has 0 bridgehead atoms. The summed E-state index contributed by atoms with van der Waals surface area (Å²) in [6, 6.07) is 16.0. The molecule has 0 saturated heterocycles. The van der Waals surface area contributed by atoms with Crippen LogP contribution in [-0.2, 0) is 11.3 Å². The summed E-state index contributed by atoms with van der Waals surface area (Å²) < 4.78 is 8.06. The van der Waals surface area contributed by atoms with Crippen LogP contribution in [0.15, 0.2) is 70.4 Å². The fourth-order valence-corrected chi connectivity index (χ4v) is 4.83. The molecule has 0 aliphatic carbocycles. The minimum Gasteiger partial charge on any atom is -0.492 e. The molecule has 2 aliphatic heterocycles. The number of aliphatic imine (C=N–C) groups is 1. The normalized spacial score (nSPS) is 16.9. The monoisotopic (exact) mass is 471 g/mol. The third-order valence-electron chi connectivity index (χ3n) is 5.67. The third kappa shape index (κ3) is 4.17.